The van der Waals surface area contributed by atoms with Crippen molar-refractivity contribution >= 4 is 5.91 Å². The van der Waals surface area contributed by atoms with Gasteiger partial charge in [-0.25, -0.2) is 0 Å². The molecule has 0 aromatic carbocycles. The van der Waals surface area contributed by atoms with Crippen LogP contribution in [0.1, 0.15) is 31.0 Å². The van der Waals surface area contributed by atoms with Gasteiger partial charge in [-0.2, -0.15) is 0 Å². The topological polar surface area (TPSA) is 101 Å². The van der Waals surface area contributed by atoms with E-state index in [2.05, 4.69) is 15.3 Å². The number of nitrogens with zero attached hydrogens (tertiary/aromatic N) is 2. The Labute approximate surface area is 134 Å². The van der Waals surface area contributed by atoms with E-state index in [1.54, 1.807) is 25.4 Å². The van der Waals surface area contributed by atoms with Gasteiger partial charge in [0.05, 0.1) is 29.6 Å². The smallest absolute Gasteiger partial charge is 0.237 e. The van der Waals surface area contributed by atoms with Crippen molar-refractivity contribution in [3.8, 4) is 11.3 Å². The number of pyridine rings is 2. The van der Waals surface area contributed by atoms with Crippen LogP contribution in [0.25, 0.3) is 11.3 Å². The van der Waals surface area contributed by atoms with Crippen molar-refractivity contribution in [1.82, 2.24) is 15.3 Å². The van der Waals surface area contributed by atoms with Crippen molar-refractivity contribution in [2.24, 2.45) is 5.73 Å². The van der Waals surface area contributed by atoms with E-state index >= 15 is 0 Å². The Hall–Kier alpha value is -2.31. The monoisotopic (exact) mass is 312 g/mol. The average Bonchev–Trinajstić information content (AvgIpc) is 3.36. The molecule has 3 rings (SSSR count). The molecule has 0 saturated heterocycles. The molecule has 1 aliphatic rings. The molecule has 1 atom stereocenters. The van der Waals surface area contributed by atoms with Gasteiger partial charge in [0.25, 0.3) is 0 Å². The molecule has 0 aliphatic heterocycles. The fourth-order valence-electron chi connectivity index (χ4n) is 2.48. The molecule has 0 spiro atoms. The van der Waals surface area contributed by atoms with E-state index in [9.17, 15) is 4.79 Å². The summed E-state index contributed by atoms with van der Waals surface area (Å²) in [4.78, 5) is 20.5. The summed E-state index contributed by atoms with van der Waals surface area (Å²) < 4.78 is 0. The molecular formula is C17H20N4O2. The first-order valence-electron chi connectivity index (χ1n) is 7.64. The number of aliphatic hydroxyl groups excluding tert-OH is 1. The fraction of sp³-hybridized carbons (Fsp3) is 0.353. The Morgan fingerprint density at radius 3 is 2.57 bits per heavy atom. The largest absolute Gasteiger partial charge is 0.390 e. The summed E-state index contributed by atoms with van der Waals surface area (Å²) in [5, 5.41) is 12.0. The number of nitrogens with one attached hydrogen (secondary N) is 1. The quantitative estimate of drug-likeness (QED) is 0.767. The van der Waals surface area contributed by atoms with E-state index in [-0.39, 0.29) is 18.1 Å². The van der Waals surface area contributed by atoms with E-state index in [1.165, 1.54) is 0 Å². The molecule has 6 heteroatoms. The number of rotatable bonds is 5. The summed E-state index contributed by atoms with van der Waals surface area (Å²) in [6.45, 7) is 1.60. The summed E-state index contributed by atoms with van der Waals surface area (Å²) >= 11 is 0. The Morgan fingerprint density at radius 2 is 2.09 bits per heavy atom. The second kappa shape index (κ2) is 6.06. The van der Waals surface area contributed by atoms with Gasteiger partial charge in [0, 0.05) is 18.0 Å². The van der Waals surface area contributed by atoms with Crippen LogP contribution in [0.4, 0.5) is 0 Å². The van der Waals surface area contributed by atoms with Crippen molar-refractivity contribution in [2.45, 2.75) is 38.0 Å². The summed E-state index contributed by atoms with van der Waals surface area (Å²) in [6.07, 6.45) is 5.29. The maximum atomic E-state index is 11.8. The highest BCUT2D eigenvalue weighted by Crippen LogP contribution is 2.45. The number of carbonyl (C=O) groups is 1. The summed E-state index contributed by atoms with van der Waals surface area (Å²) in [7, 11) is 0. The highest BCUT2D eigenvalue weighted by Gasteiger charge is 2.46. The minimum absolute atomic E-state index is 0.0750. The van der Waals surface area contributed by atoms with Gasteiger partial charge < -0.3 is 16.2 Å². The van der Waals surface area contributed by atoms with Crippen LogP contribution in [0.15, 0.2) is 36.7 Å². The molecule has 1 aliphatic carbocycles. The lowest BCUT2D eigenvalue weighted by Crippen LogP contribution is -2.44. The van der Waals surface area contributed by atoms with Crippen molar-refractivity contribution in [2.75, 3.05) is 0 Å². The van der Waals surface area contributed by atoms with Crippen LogP contribution in [0.2, 0.25) is 0 Å². The van der Waals surface area contributed by atoms with Gasteiger partial charge in [0.1, 0.15) is 0 Å². The molecule has 1 amide bonds. The Kier molecular flexibility index (Phi) is 4.11. The first-order chi connectivity index (χ1) is 11.0. The number of hydrogen-bond acceptors (Lipinski definition) is 5. The highest BCUT2D eigenvalue weighted by molar-refractivity contribution is 5.82. The SMILES string of the molecule is C[C@H](N)C(=O)NC1(c2ccc(-c3ccc(CO)nc3)nc2)CC1. The van der Waals surface area contributed by atoms with Crippen LogP contribution in [0.5, 0.6) is 0 Å². The van der Waals surface area contributed by atoms with Crippen molar-refractivity contribution < 1.29 is 9.90 Å². The predicted molar refractivity (Wildman–Crippen MR) is 86.1 cm³/mol. The van der Waals surface area contributed by atoms with Gasteiger partial charge in [0.2, 0.25) is 5.91 Å². The van der Waals surface area contributed by atoms with Gasteiger partial charge in [-0.1, -0.05) is 6.07 Å². The molecule has 0 radical (unpaired) electrons. The third kappa shape index (κ3) is 3.23. The number of amides is 1. The zero-order valence-electron chi connectivity index (χ0n) is 13.0. The number of nitrogens with two attached hydrogens (primary N) is 1. The lowest BCUT2D eigenvalue weighted by atomic mass is 10.0. The van der Waals surface area contributed by atoms with Gasteiger partial charge in [0.15, 0.2) is 0 Å². The van der Waals surface area contributed by atoms with E-state index in [1.807, 2.05) is 18.2 Å². The number of hydrogen-bond donors (Lipinski definition) is 3. The lowest BCUT2D eigenvalue weighted by molar-refractivity contribution is -0.123. The molecule has 23 heavy (non-hydrogen) atoms. The molecule has 2 aromatic rings. The molecule has 2 heterocycles. The standard InChI is InChI=1S/C17H20N4O2/c1-11(18)16(23)21-17(6-7-17)13-3-5-15(20-9-13)12-2-4-14(10-22)19-8-12/h2-5,8-9,11,22H,6-7,10,18H2,1H3,(H,21,23)/t11-/m0/s1. The van der Waals surface area contributed by atoms with Crippen LogP contribution in [-0.4, -0.2) is 27.0 Å². The number of carbonyl (C=O) groups excluding carboxylic acids is 1. The van der Waals surface area contributed by atoms with Crippen LogP contribution in [-0.2, 0) is 16.9 Å². The second-order valence-corrected chi connectivity index (χ2v) is 5.99. The van der Waals surface area contributed by atoms with Crippen LogP contribution < -0.4 is 11.1 Å². The van der Waals surface area contributed by atoms with E-state index in [4.69, 9.17) is 10.8 Å². The van der Waals surface area contributed by atoms with E-state index in [0.717, 1.165) is 29.7 Å². The van der Waals surface area contributed by atoms with E-state index < -0.39 is 6.04 Å². The van der Waals surface area contributed by atoms with Crippen molar-refractivity contribution in [3.63, 3.8) is 0 Å². The molecule has 2 aromatic heterocycles. The summed E-state index contributed by atoms with van der Waals surface area (Å²) in [5.74, 6) is -0.143. The zero-order valence-corrected chi connectivity index (χ0v) is 13.0. The molecule has 120 valence electrons. The highest BCUT2D eigenvalue weighted by atomic mass is 16.3. The van der Waals surface area contributed by atoms with Crippen molar-refractivity contribution in [3.05, 3.63) is 47.9 Å². The maximum Gasteiger partial charge on any atom is 0.237 e. The van der Waals surface area contributed by atoms with Crippen LogP contribution >= 0.6 is 0 Å². The molecule has 0 bridgehead atoms. The van der Waals surface area contributed by atoms with Crippen LogP contribution in [0, 0.1) is 0 Å². The Bertz CT molecular complexity index is 692. The lowest BCUT2D eigenvalue weighted by Gasteiger charge is -2.19. The summed E-state index contributed by atoms with van der Waals surface area (Å²) in [5.41, 5.74) is 8.62. The summed E-state index contributed by atoms with van der Waals surface area (Å²) in [6, 6.07) is 7.04. The molecule has 4 N–H and O–H groups in total. The normalized spacial score (nSPS) is 16.7. The van der Waals surface area contributed by atoms with Crippen molar-refractivity contribution in [1.29, 1.82) is 0 Å². The molecule has 1 saturated carbocycles. The van der Waals surface area contributed by atoms with Gasteiger partial charge in [-0.05, 0) is 43.5 Å². The van der Waals surface area contributed by atoms with Gasteiger partial charge in [-0.3, -0.25) is 14.8 Å². The molecule has 0 unspecified atom stereocenters. The van der Waals surface area contributed by atoms with E-state index in [0.29, 0.717) is 5.69 Å². The number of aromatic nitrogens is 2. The average molecular weight is 312 g/mol. The molecular weight excluding hydrogens is 292 g/mol. The molecule has 1 fully saturated rings. The zero-order chi connectivity index (χ0) is 16.4. The minimum Gasteiger partial charge on any atom is -0.390 e. The fourth-order valence-corrected chi connectivity index (χ4v) is 2.48. The molecule has 6 nitrogen and oxygen atoms in total. The van der Waals surface area contributed by atoms with Gasteiger partial charge >= 0.3 is 0 Å². The third-order valence-corrected chi connectivity index (χ3v) is 4.12. The number of aliphatic hydroxyl groups is 1. The van der Waals surface area contributed by atoms with Gasteiger partial charge in [-0.15, -0.1) is 0 Å². The maximum absolute atomic E-state index is 11.8. The van der Waals surface area contributed by atoms with Crippen LogP contribution in [0.3, 0.4) is 0 Å². The minimum atomic E-state index is -0.518. The predicted octanol–water partition coefficient (Wildman–Crippen LogP) is 1.09. The third-order valence-electron chi connectivity index (χ3n) is 4.12. The first kappa shape index (κ1) is 15.6. The Balaban J connectivity index is 1.78. The first-order valence-corrected chi connectivity index (χ1v) is 7.64. The Morgan fingerprint density at radius 1 is 1.30 bits per heavy atom. The second-order valence-electron chi connectivity index (χ2n) is 5.99.